The standard InChI is InChI=1S/C17H32O4/c1-4-7-13-20-16(18)11-9-8-10-12-17(19)21-14-15(5-2)6-3/h15H,4-14H2,1-3H3. The van der Waals surface area contributed by atoms with Crippen molar-refractivity contribution in [1.82, 2.24) is 0 Å². The molecule has 124 valence electrons. The Morgan fingerprint density at radius 1 is 0.810 bits per heavy atom. The molecule has 0 aromatic carbocycles. The zero-order chi connectivity index (χ0) is 15.9. The second-order valence-corrected chi connectivity index (χ2v) is 5.50. The number of rotatable bonds is 13. The van der Waals surface area contributed by atoms with Gasteiger partial charge in [-0.25, -0.2) is 0 Å². The molecule has 0 fully saturated rings. The van der Waals surface area contributed by atoms with Crippen molar-refractivity contribution >= 4 is 11.9 Å². The molecule has 0 radical (unpaired) electrons. The Balaban J connectivity index is 3.45. The van der Waals surface area contributed by atoms with Crippen LogP contribution in [0, 0.1) is 5.92 Å². The van der Waals surface area contributed by atoms with Crippen LogP contribution in [0.3, 0.4) is 0 Å². The third-order valence-electron chi connectivity index (χ3n) is 3.66. The van der Waals surface area contributed by atoms with Gasteiger partial charge in [0, 0.05) is 12.8 Å². The van der Waals surface area contributed by atoms with Crippen LogP contribution in [0.25, 0.3) is 0 Å². The van der Waals surface area contributed by atoms with Gasteiger partial charge in [0.15, 0.2) is 0 Å². The summed E-state index contributed by atoms with van der Waals surface area (Å²) in [6, 6.07) is 0. The van der Waals surface area contributed by atoms with Gasteiger partial charge >= 0.3 is 11.9 Å². The fourth-order valence-electron chi connectivity index (χ4n) is 1.93. The fourth-order valence-corrected chi connectivity index (χ4v) is 1.93. The maximum absolute atomic E-state index is 11.5. The van der Waals surface area contributed by atoms with Crippen LogP contribution in [0.15, 0.2) is 0 Å². The van der Waals surface area contributed by atoms with E-state index in [0.29, 0.717) is 32.0 Å². The molecule has 0 bridgehead atoms. The molecular formula is C17H32O4. The molecule has 0 heterocycles. The van der Waals surface area contributed by atoms with E-state index in [1.807, 2.05) is 0 Å². The van der Waals surface area contributed by atoms with Crippen molar-refractivity contribution in [1.29, 1.82) is 0 Å². The summed E-state index contributed by atoms with van der Waals surface area (Å²) in [7, 11) is 0. The molecule has 0 amide bonds. The number of hydrogen-bond acceptors (Lipinski definition) is 4. The topological polar surface area (TPSA) is 52.6 Å². The van der Waals surface area contributed by atoms with E-state index < -0.39 is 0 Å². The zero-order valence-corrected chi connectivity index (χ0v) is 14.0. The SMILES string of the molecule is CCCCOC(=O)CCCCCC(=O)OCC(CC)CC. The van der Waals surface area contributed by atoms with Crippen LogP contribution in [-0.4, -0.2) is 25.2 Å². The van der Waals surface area contributed by atoms with Crippen LogP contribution >= 0.6 is 0 Å². The monoisotopic (exact) mass is 300 g/mol. The van der Waals surface area contributed by atoms with E-state index in [-0.39, 0.29) is 11.9 Å². The third-order valence-corrected chi connectivity index (χ3v) is 3.66. The lowest BCUT2D eigenvalue weighted by atomic mass is 10.1. The minimum Gasteiger partial charge on any atom is -0.466 e. The molecule has 4 heteroatoms. The van der Waals surface area contributed by atoms with E-state index in [4.69, 9.17) is 9.47 Å². The van der Waals surface area contributed by atoms with Crippen molar-refractivity contribution in [3.63, 3.8) is 0 Å². The Bertz CT molecular complexity index is 272. The van der Waals surface area contributed by atoms with Gasteiger partial charge in [0.05, 0.1) is 13.2 Å². The zero-order valence-electron chi connectivity index (χ0n) is 14.0. The number of esters is 2. The minimum absolute atomic E-state index is 0.118. The number of hydrogen-bond donors (Lipinski definition) is 0. The van der Waals surface area contributed by atoms with Gasteiger partial charge in [-0.2, -0.15) is 0 Å². The maximum atomic E-state index is 11.5. The highest BCUT2D eigenvalue weighted by Gasteiger charge is 2.08. The van der Waals surface area contributed by atoms with Gasteiger partial charge in [0.1, 0.15) is 0 Å². The lowest BCUT2D eigenvalue weighted by molar-refractivity contribution is -0.145. The molecule has 0 aromatic heterocycles. The van der Waals surface area contributed by atoms with Crippen LogP contribution in [0.2, 0.25) is 0 Å². The molecule has 0 rings (SSSR count). The second-order valence-electron chi connectivity index (χ2n) is 5.50. The highest BCUT2D eigenvalue weighted by Crippen LogP contribution is 2.10. The second kappa shape index (κ2) is 13.9. The fraction of sp³-hybridized carbons (Fsp3) is 0.882. The van der Waals surface area contributed by atoms with Crippen molar-refractivity contribution in [3.05, 3.63) is 0 Å². The molecule has 4 nitrogen and oxygen atoms in total. The van der Waals surface area contributed by atoms with E-state index >= 15 is 0 Å². The Hall–Kier alpha value is -1.06. The van der Waals surface area contributed by atoms with Crippen molar-refractivity contribution in [2.45, 2.75) is 78.6 Å². The summed E-state index contributed by atoms with van der Waals surface area (Å²) in [5, 5.41) is 0. The average molecular weight is 300 g/mol. The van der Waals surface area contributed by atoms with Crippen LogP contribution in [-0.2, 0) is 19.1 Å². The first kappa shape index (κ1) is 19.9. The van der Waals surface area contributed by atoms with Crippen LogP contribution in [0.1, 0.15) is 78.6 Å². The lowest BCUT2D eigenvalue weighted by Gasteiger charge is -2.12. The summed E-state index contributed by atoms with van der Waals surface area (Å²) in [6.07, 6.45) is 7.38. The Morgan fingerprint density at radius 2 is 1.38 bits per heavy atom. The predicted molar refractivity (Wildman–Crippen MR) is 84.0 cm³/mol. The van der Waals surface area contributed by atoms with Gasteiger partial charge in [-0.15, -0.1) is 0 Å². The molecular weight excluding hydrogens is 268 g/mol. The molecule has 0 saturated heterocycles. The smallest absolute Gasteiger partial charge is 0.305 e. The lowest BCUT2D eigenvalue weighted by Crippen LogP contribution is -2.13. The normalized spacial score (nSPS) is 10.7. The number of ether oxygens (including phenoxy) is 2. The van der Waals surface area contributed by atoms with Crippen LogP contribution < -0.4 is 0 Å². The quantitative estimate of drug-likeness (QED) is 0.377. The summed E-state index contributed by atoms with van der Waals surface area (Å²) in [4.78, 5) is 22.9. The van der Waals surface area contributed by atoms with E-state index in [1.165, 1.54) is 0 Å². The van der Waals surface area contributed by atoms with Gasteiger partial charge in [0.2, 0.25) is 0 Å². The van der Waals surface area contributed by atoms with E-state index in [2.05, 4.69) is 20.8 Å². The summed E-state index contributed by atoms with van der Waals surface area (Å²) in [6.45, 7) is 7.35. The van der Waals surface area contributed by atoms with Crippen LogP contribution in [0.5, 0.6) is 0 Å². The van der Waals surface area contributed by atoms with Gasteiger partial charge in [-0.3, -0.25) is 9.59 Å². The highest BCUT2D eigenvalue weighted by atomic mass is 16.5. The van der Waals surface area contributed by atoms with E-state index in [9.17, 15) is 9.59 Å². The molecule has 0 unspecified atom stereocenters. The first-order valence-corrected chi connectivity index (χ1v) is 8.45. The first-order valence-electron chi connectivity index (χ1n) is 8.45. The molecule has 0 aliphatic heterocycles. The van der Waals surface area contributed by atoms with E-state index in [1.54, 1.807) is 0 Å². The average Bonchev–Trinajstić information content (AvgIpc) is 2.48. The third kappa shape index (κ3) is 12.4. The maximum Gasteiger partial charge on any atom is 0.305 e. The number of carbonyl (C=O) groups excluding carboxylic acids is 2. The Kier molecular flexibility index (Phi) is 13.2. The molecule has 0 saturated carbocycles. The molecule has 0 aliphatic rings. The van der Waals surface area contributed by atoms with Crippen molar-refractivity contribution in [3.8, 4) is 0 Å². The van der Waals surface area contributed by atoms with Crippen molar-refractivity contribution in [2.75, 3.05) is 13.2 Å². The minimum atomic E-state index is -0.125. The number of unbranched alkanes of at least 4 members (excludes halogenated alkanes) is 3. The molecule has 0 spiro atoms. The Morgan fingerprint density at radius 3 is 1.90 bits per heavy atom. The number of carbonyl (C=O) groups is 2. The summed E-state index contributed by atoms with van der Waals surface area (Å²) in [5.74, 6) is 0.235. The summed E-state index contributed by atoms with van der Waals surface area (Å²) in [5.41, 5.74) is 0. The molecule has 0 atom stereocenters. The Labute approximate surface area is 129 Å². The molecule has 21 heavy (non-hydrogen) atoms. The van der Waals surface area contributed by atoms with Gasteiger partial charge < -0.3 is 9.47 Å². The molecule has 0 aliphatic carbocycles. The molecule has 0 N–H and O–H groups in total. The van der Waals surface area contributed by atoms with Crippen molar-refractivity contribution < 1.29 is 19.1 Å². The van der Waals surface area contributed by atoms with Crippen LogP contribution in [0.4, 0.5) is 0 Å². The summed E-state index contributed by atoms with van der Waals surface area (Å²) >= 11 is 0. The largest absolute Gasteiger partial charge is 0.466 e. The highest BCUT2D eigenvalue weighted by molar-refractivity contribution is 5.69. The summed E-state index contributed by atoms with van der Waals surface area (Å²) < 4.78 is 10.3. The predicted octanol–water partition coefficient (Wildman–Crippen LogP) is 4.26. The first-order chi connectivity index (χ1) is 10.1. The van der Waals surface area contributed by atoms with Gasteiger partial charge in [-0.05, 0) is 25.2 Å². The van der Waals surface area contributed by atoms with Crippen molar-refractivity contribution in [2.24, 2.45) is 5.92 Å². The van der Waals surface area contributed by atoms with Gasteiger partial charge in [0.25, 0.3) is 0 Å². The molecule has 0 aromatic rings. The van der Waals surface area contributed by atoms with E-state index in [0.717, 1.165) is 44.9 Å². The van der Waals surface area contributed by atoms with Gasteiger partial charge in [-0.1, -0.05) is 46.5 Å².